The van der Waals surface area contributed by atoms with Crippen LogP contribution in [0, 0.1) is 0 Å². The maximum absolute atomic E-state index is 11.9. The lowest BCUT2D eigenvalue weighted by Crippen LogP contribution is -2.48. The van der Waals surface area contributed by atoms with Crippen LogP contribution >= 0.6 is 0 Å². The Morgan fingerprint density at radius 2 is 2.12 bits per heavy atom. The number of H-pyrrole nitrogens is 1. The van der Waals surface area contributed by atoms with E-state index < -0.39 is 0 Å². The molecule has 2 saturated heterocycles. The highest BCUT2D eigenvalue weighted by atomic mass is 16.1. The Morgan fingerprint density at radius 3 is 2.71 bits per heavy atom. The van der Waals surface area contributed by atoms with E-state index in [9.17, 15) is 4.79 Å². The number of piperidine rings is 1. The molecule has 0 aromatic carbocycles. The molecular weight excluding hydrogens is 214 g/mol. The van der Waals surface area contributed by atoms with Gasteiger partial charge in [0.05, 0.1) is 0 Å². The quantitative estimate of drug-likeness (QED) is 0.810. The monoisotopic (exact) mass is 233 g/mol. The summed E-state index contributed by atoms with van der Waals surface area (Å²) < 4.78 is 0. The second kappa shape index (κ2) is 4.18. The highest BCUT2D eigenvalue weighted by Gasteiger charge is 2.38. The minimum absolute atomic E-state index is 0.0314. The van der Waals surface area contributed by atoms with Crippen LogP contribution in [0.4, 0.5) is 0 Å². The lowest BCUT2D eigenvalue weighted by atomic mass is 9.98. The van der Waals surface area contributed by atoms with E-state index >= 15 is 0 Å². The number of nitrogens with zero attached hydrogens (tertiary/aromatic N) is 1. The molecule has 2 fully saturated rings. The molecule has 92 valence electrons. The normalized spacial score (nSPS) is 32.6. The van der Waals surface area contributed by atoms with Gasteiger partial charge in [0.2, 0.25) is 0 Å². The van der Waals surface area contributed by atoms with Crippen molar-refractivity contribution in [1.29, 1.82) is 0 Å². The minimum Gasteiger partial charge on any atom is -0.357 e. The number of hydrogen-bond acceptors (Lipinski definition) is 2. The summed E-state index contributed by atoms with van der Waals surface area (Å²) in [7, 11) is 2.21. The molecule has 1 amide bonds. The van der Waals surface area contributed by atoms with E-state index in [1.807, 2.05) is 12.1 Å². The summed E-state index contributed by atoms with van der Waals surface area (Å²) in [6, 6.07) is 5.36. The first kappa shape index (κ1) is 10.8. The van der Waals surface area contributed by atoms with E-state index in [4.69, 9.17) is 0 Å². The van der Waals surface area contributed by atoms with E-state index in [-0.39, 0.29) is 5.91 Å². The molecule has 3 rings (SSSR count). The van der Waals surface area contributed by atoms with Gasteiger partial charge in [0.15, 0.2) is 0 Å². The highest BCUT2D eigenvalue weighted by Crippen LogP contribution is 2.34. The molecule has 2 unspecified atom stereocenters. The molecule has 0 saturated carbocycles. The van der Waals surface area contributed by atoms with Crippen LogP contribution < -0.4 is 5.32 Å². The van der Waals surface area contributed by atoms with Crippen LogP contribution in [0.1, 0.15) is 36.2 Å². The molecule has 1 aromatic rings. The predicted molar refractivity (Wildman–Crippen MR) is 65.9 cm³/mol. The van der Waals surface area contributed by atoms with Crippen LogP contribution in [0.3, 0.4) is 0 Å². The first-order valence-corrected chi connectivity index (χ1v) is 6.40. The maximum Gasteiger partial charge on any atom is 0.267 e. The summed E-state index contributed by atoms with van der Waals surface area (Å²) in [5.41, 5.74) is 0.663. The molecule has 2 aliphatic heterocycles. The van der Waals surface area contributed by atoms with Crippen molar-refractivity contribution in [3.8, 4) is 0 Å². The van der Waals surface area contributed by atoms with Crippen LogP contribution in [0.5, 0.6) is 0 Å². The Labute approximate surface area is 101 Å². The maximum atomic E-state index is 11.9. The van der Waals surface area contributed by atoms with Gasteiger partial charge < -0.3 is 15.2 Å². The van der Waals surface area contributed by atoms with Gasteiger partial charge in [0.25, 0.3) is 5.91 Å². The number of carbonyl (C=O) groups is 1. The van der Waals surface area contributed by atoms with Gasteiger partial charge in [0.1, 0.15) is 5.69 Å². The molecule has 0 aliphatic carbocycles. The van der Waals surface area contributed by atoms with E-state index in [2.05, 4.69) is 22.2 Å². The topological polar surface area (TPSA) is 48.1 Å². The summed E-state index contributed by atoms with van der Waals surface area (Å²) in [6.45, 7) is 0. The second-order valence-corrected chi connectivity index (χ2v) is 5.28. The highest BCUT2D eigenvalue weighted by molar-refractivity contribution is 5.92. The molecular formula is C13H19N3O. The van der Waals surface area contributed by atoms with Crippen LogP contribution in [0.2, 0.25) is 0 Å². The first-order valence-electron chi connectivity index (χ1n) is 6.40. The molecule has 4 nitrogen and oxygen atoms in total. The summed E-state index contributed by atoms with van der Waals surface area (Å²) in [4.78, 5) is 17.4. The van der Waals surface area contributed by atoms with Gasteiger partial charge in [-0.25, -0.2) is 0 Å². The van der Waals surface area contributed by atoms with Gasteiger partial charge in [-0.05, 0) is 44.9 Å². The molecule has 2 bridgehead atoms. The van der Waals surface area contributed by atoms with Crippen molar-refractivity contribution in [2.24, 2.45) is 0 Å². The Hall–Kier alpha value is -1.29. The van der Waals surface area contributed by atoms with Gasteiger partial charge in [-0.1, -0.05) is 0 Å². The predicted octanol–water partition coefficient (Wildman–Crippen LogP) is 1.37. The van der Waals surface area contributed by atoms with Gasteiger partial charge >= 0.3 is 0 Å². The molecule has 2 aliphatic rings. The van der Waals surface area contributed by atoms with Crippen LogP contribution in [-0.4, -0.2) is 41.0 Å². The zero-order chi connectivity index (χ0) is 11.8. The zero-order valence-corrected chi connectivity index (χ0v) is 10.1. The zero-order valence-electron chi connectivity index (χ0n) is 10.1. The van der Waals surface area contributed by atoms with Crippen molar-refractivity contribution < 1.29 is 4.79 Å². The van der Waals surface area contributed by atoms with E-state index in [0.29, 0.717) is 23.8 Å². The number of amides is 1. The van der Waals surface area contributed by atoms with Crippen molar-refractivity contribution in [1.82, 2.24) is 15.2 Å². The fourth-order valence-electron chi connectivity index (χ4n) is 3.26. The average molecular weight is 233 g/mol. The Bertz CT molecular complexity index is 387. The number of carbonyl (C=O) groups excluding carboxylic acids is 1. The van der Waals surface area contributed by atoms with Gasteiger partial charge in [-0.2, -0.15) is 0 Å². The fraction of sp³-hybridized carbons (Fsp3) is 0.615. The van der Waals surface area contributed by atoms with Crippen LogP contribution in [-0.2, 0) is 0 Å². The molecule has 1 aromatic heterocycles. The first-order chi connectivity index (χ1) is 8.24. The number of rotatable bonds is 2. The molecule has 0 radical (unpaired) electrons. The number of aromatic nitrogens is 1. The molecule has 17 heavy (non-hydrogen) atoms. The minimum atomic E-state index is 0.0314. The Kier molecular flexibility index (Phi) is 2.67. The third kappa shape index (κ3) is 1.97. The Morgan fingerprint density at radius 1 is 1.41 bits per heavy atom. The average Bonchev–Trinajstić information content (AvgIpc) is 2.88. The van der Waals surface area contributed by atoms with Crippen molar-refractivity contribution in [2.75, 3.05) is 7.05 Å². The molecule has 0 spiro atoms. The van der Waals surface area contributed by atoms with Crippen molar-refractivity contribution >= 4 is 5.91 Å². The second-order valence-electron chi connectivity index (χ2n) is 5.28. The van der Waals surface area contributed by atoms with Gasteiger partial charge in [-0.3, -0.25) is 4.79 Å². The van der Waals surface area contributed by atoms with Crippen molar-refractivity contribution in [2.45, 2.75) is 43.8 Å². The van der Waals surface area contributed by atoms with Crippen LogP contribution in [0.25, 0.3) is 0 Å². The van der Waals surface area contributed by atoms with Crippen LogP contribution in [0.15, 0.2) is 18.3 Å². The number of fused-ring (bicyclic) bond motifs is 2. The lowest BCUT2D eigenvalue weighted by Gasteiger charge is -2.36. The summed E-state index contributed by atoms with van der Waals surface area (Å²) in [5.74, 6) is 0.0314. The number of hydrogen-bond donors (Lipinski definition) is 2. The summed E-state index contributed by atoms with van der Waals surface area (Å²) in [5, 5.41) is 3.15. The SMILES string of the molecule is CN1C2CCC1CC(NC(=O)c1ccc[nH]1)C2. The largest absolute Gasteiger partial charge is 0.357 e. The van der Waals surface area contributed by atoms with Gasteiger partial charge in [-0.15, -0.1) is 0 Å². The standard InChI is InChI=1S/C13H19N3O/c1-16-10-4-5-11(16)8-9(7-10)15-13(17)12-3-2-6-14-12/h2-3,6,9-11,14H,4-5,7-8H2,1H3,(H,15,17). The summed E-state index contributed by atoms with van der Waals surface area (Å²) in [6.07, 6.45) is 6.55. The lowest BCUT2D eigenvalue weighted by molar-refractivity contribution is 0.0878. The van der Waals surface area contributed by atoms with Gasteiger partial charge in [0, 0.05) is 24.3 Å². The summed E-state index contributed by atoms with van der Waals surface area (Å²) >= 11 is 0. The third-order valence-corrected chi connectivity index (χ3v) is 4.28. The molecule has 2 atom stereocenters. The smallest absolute Gasteiger partial charge is 0.267 e. The van der Waals surface area contributed by atoms with E-state index in [1.165, 1.54) is 12.8 Å². The molecule has 3 heterocycles. The van der Waals surface area contributed by atoms with E-state index in [1.54, 1.807) is 6.20 Å². The van der Waals surface area contributed by atoms with Crippen molar-refractivity contribution in [3.05, 3.63) is 24.0 Å². The van der Waals surface area contributed by atoms with E-state index in [0.717, 1.165) is 12.8 Å². The molecule has 2 N–H and O–H groups in total. The molecule has 4 heteroatoms. The number of nitrogens with one attached hydrogen (secondary N) is 2. The Balaban J connectivity index is 1.62. The van der Waals surface area contributed by atoms with Crippen molar-refractivity contribution in [3.63, 3.8) is 0 Å². The third-order valence-electron chi connectivity index (χ3n) is 4.28. The number of aromatic amines is 1. The fourth-order valence-corrected chi connectivity index (χ4v) is 3.26.